The average Bonchev–Trinajstić information content (AvgIpc) is 3.22. The van der Waals surface area contributed by atoms with Gasteiger partial charge in [-0.15, -0.1) is 0 Å². The van der Waals surface area contributed by atoms with Gasteiger partial charge >= 0.3 is 5.97 Å². The first-order valence-electron chi connectivity index (χ1n) is 9.99. The minimum Gasteiger partial charge on any atom is -0.481 e. The number of carboxylic acids is 1. The number of ketones is 1. The zero-order chi connectivity index (χ0) is 22.6. The number of hydrogen-bond donors (Lipinski definition) is 2. The van der Waals surface area contributed by atoms with Crippen LogP contribution in [0.1, 0.15) is 38.8 Å². The number of nitrogens with zero attached hydrogens (tertiary/aromatic N) is 2. The first kappa shape index (κ1) is 22.3. The number of carbonyl (C=O) groups excluding carboxylic acids is 2. The average molecular weight is 429 g/mol. The lowest BCUT2D eigenvalue weighted by atomic mass is 9.83. The van der Waals surface area contributed by atoms with Crippen molar-refractivity contribution in [1.29, 1.82) is 0 Å². The van der Waals surface area contributed by atoms with Gasteiger partial charge in [0.2, 0.25) is 5.60 Å². The number of carbonyl (C=O) groups is 3. The number of fused-ring (bicyclic) bond motifs is 1. The third-order valence-electron chi connectivity index (χ3n) is 5.49. The number of rotatable bonds is 9. The fourth-order valence-corrected chi connectivity index (χ4v) is 3.57. The summed E-state index contributed by atoms with van der Waals surface area (Å²) in [6.07, 6.45) is 1.16. The number of amides is 1. The Balaban J connectivity index is 1.85. The van der Waals surface area contributed by atoms with Crippen LogP contribution in [0, 0.1) is 5.92 Å². The van der Waals surface area contributed by atoms with E-state index in [4.69, 9.17) is 9.94 Å². The minimum atomic E-state index is -1.42. The van der Waals surface area contributed by atoms with Gasteiger partial charge < -0.3 is 15.3 Å². The zero-order valence-electron chi connectivity index (χ0n) is 17.3. The van der Waals surface area contributed by atoms with Crippen molar-refractivity contribution in [3.8, 4) is 0 Å². The molecule has 8 nitrogen and oxygen atoms in total. The molecule has 1 aromatic heterocycles. The molecule has 31 heavy (non-hydrogen) atoms. The van der Waals surface area contributed by atoms with Crippen molar-refractivity contribution in [2.24, 2.45) is 11.1 Å². The Morgan fingerprint density at radius 1 is 1.26 bits per heavy atom. The van der Waals surface area contributed by atoms with E-state index in [1.807, 2.05) is 30.3 Å². The summed E-state index contributed by atoms with van der Waals surface area (Å²) in [5, 5.41) is 17.3. The van der Waals surface area contributed by atoms with Crippen LogP contribution in [0.5, 0.6) is 0 Å². The molecule has 1 aliphatic heterocycles. The van der Waals surface area contributed by atoms with Crippen molar-refractivity contribution in [3.63, 3.8) is 0 Å². The molecular formula is C22H24FN3O5. The molecule has 0 saturated carbocycles. The lowest BCUT2D eigenvalue weighted by Gasteiger charge is -2.30. The quantitative estimate of drug-likeness (QED) is 0.633. The van der Waals surface area contributed by atoms with Crippen molar-refractivity contribution in [2.45, 2.75) is 44.8 Å². The van der Waals surface area contributed by atoms with E-state index in [-0.39, 0.29) is 25.2 Å². The van der Waals surface area contributed by atoms with E-state index in [1.165, 1.54) is 0 Å². The van der Waals surface area contributed by atoms with Crippen LogP contribution in [0.2, 0.25) is 0 Å². The van der Waals surface area contributed by atoms with Gasteiger partial charge in [0, 0.05) is 30.3 Å². The molecule has 1 amide bonds. The number of aromatic nitrogens is 1. The predicted octanol–water partition coefficient (Wildman–Crippen LogP) is 2.64. The molecule has 0 unspecified atom stereocenters. The number of alkyl halides is 1. The minimum absolute atomic E-state index is 0.104. The molecule has 0 bridgehead atoms. The molecule has 1 aromatic carbocycles. The van der Waals surface area contributed by atoms with Crippen molar-refractivity contribution < 1.29 is 28.7 Å². The fraction of sp³-hybridized carbons (Fsp3) is 0.409. The lowest BCUT2D eigenvalue weighted by molar-refractivity contribution is -0.152. The van der Waals surface area contributed by atoms with E-state index in [0.717, 1.165) is 10.8 Å². The molecule has 1 aliphatic rings. The molecule has 9 heteroatoms. The van der Waals surface area contributed by atoms with Gasteiger partial charge in [-0.1, -0.05) is 43.3 Å². The Bertz CT molecular complexity index is 1030. The van der Waals surface area contributed by atoms with E-state index in [2.05, 4.69) is 15.5 Å². The van der Waals surface area contributed by atoms with Crippen molar-refractivity contribution in [1.82, 2.24) is 10.3 Å². The van der Waals surface area contributed by atoms with Gasteiger partial charge in [-0.2, -0.15) is 0 Å². The summed E-state index contributed by atoms with van der Waals surface area (Å²) in [5.74, 6) is -3.01. The summed E-state index contributed by atoms with van der Waals surface area (Å²) in [4.78, 5) is 46.0. The Kier molecular flexibility index (Phi) is 6.62. The molecular weight excluding hydrogens is 405 g/mol. The maximum Gasteiger partial charge on any atom is 0.303 e. The standard InChI is InChI=1S/C22H24FN3O5/c1-13(2)22(21(30)25-16(18(27)12-23)7-8-19(28)29)11-17(26-31-22)20-15-6-4-3-5-14(15)9-10-24-20/h3-6,9-10,13,16H,7-8,11-12H2,1-2H3,(H,25,30)(H,28,29)/t16-,22-/m1/s1. The van der Waals surface area contributed by atoms with E-state index < -0.39 is 36.0 Å². The normalized spacial score (nSPS) is 19.0. The van der Waals surface area contributed by atoms with E-state index in [1.54, 1.807) is 20.0 Å². The second-order valence-electron chi connectivity index (χ2n) is 7.79. The maximum atomic E-state index is 13.2. The van der Waals surface area contributed by atoms with Gasteiger partial charge in [0.05, 0.1) is 11.7 Å². The number of benzene rings is 1. The number of aliphatic carboxylic acids is 1. The zero-order valence-corrected chi connectivity index (χ0v) is 17.3. The fourth-order valence-electron chi connectivity index (χ4n) is 3.57. The molecule has 2 N–H and O–H groups in total. The van der Waals surface area contributed by atoms with Gasteiger partial charge in [0.25, 0.3) is 5.91 Å². The first-order chi connectivity index (χ1) is 14.8. The SMILES string of the molecule is CC(C)[C@@]1(C(=O)N[C@H](CCC(=O)O)C(=O)CF)CC(c2nccc3ccccc23)=NO1. The van der Waals surface area contributed by atoms with Gasteiger partial charge in [-0.05, 0) is 17.9 Å². The maximum absolute atomic E-state index is 13.2. The molecule has 0 spiro atoms. The van der Waals surface area contributed by atoms with Gasteiger partial charge in [-0.25, -0.2) is 4.39 Å². The molecule has 0 saturated heterocycles. The summed E-state index contributed by atoms with van der Waals surface area (Å²) >= 11 is 0. The molecule has 2 atom stereocenters. The lowest BCUT2D eigenvalue weighted by Crippen LogP contribution is -2.55. The monoisotopic (exact) mass is 429 g/mol. The number of oxime groups is 1. The molecule has 2 heterocycles. The number of Topliss-reactive ketones (excluding diaryl/α,β-unsaturated/α-hetero) is 1. The highest BCUT2D eigenvalue weighted by Gasteiger charge is 2.50. The third-order valence-corrected chi connectivity index (χ3v) is 5.49. The van der Waals surface area contributed by atoms with E-state index in [0.29, 0.717) is 11.4 Å². The summed E-state index contributed by atoms with van der Waals surface area (Å²) in [7, 11) is 0. The molecule has 3 rings (SSSR count). The third kappa shape index (κ3) is 4.55. The molecule has 164 valence electrons. The molecule has 0 aliphatic carbocycles. The van der Waals surface area contributed by atoms with Gasteiger partial charge in [-0.3, -0.25) is 19.4 Å². The topological polar surface area (TPSA) is 118 Å². The first-order valence-corrected chi connectivity index (χ1v) is 9.99. The van der Waals surface area contributed by atoms with Crippen LogP contribution in [0.4, 0.5) is 4.39 Å². The summed E-state index contributed by atoms with van der Waals surface area (Å²) in [5.41, 5.74) is -0.346. The van der Waals surface area contributed by atoms with Crippen LogP contribution in [0.25, 0.3) is 10.8 Å². The highest BCUT2D eigenvalue weighted by molar-refractivity contribution is 6.12. The Labute approximate surface area is 178 Å². The van der Waals surface area contributed by atoms with E-state index >= 15 is 0 Å². The van der Waals surface area contributed by atoms with Crippen LogP contribution in [0.15, 0.2) is 41.7 Å². The van der Waals surface area contributed by atoms with Crippen molar-refractivity contribution in [3.05, 3.63) is 42.2 Å². The largest absolute Gasteiger partial charge is 0.481 e. The summed E-state index contributed by atoms with van der Waals surface area (Å²) in [6, 6.07) is 8.23. The number of carboxylic acid groups (broad SMARTS) is 1. The molecule has 0 radical (unpaired) electrons. The molecule has 2 aromatic rings. The highest BCUT2D eigenvalue weighted by atomic mass is 19.1. The molecule has 0 fully saturated rings. The second-order valence-corrected chi connectivity index (χ2v) is 7.79. The van der Waals surface area contributed by atoms with Crippen LogP contribution in [0.3, 0.4) is 0 Å². The summed E-state index contributed by atoms with van der Waals surface area (Å²) in [6.45, 7) is 2.25. The second kappa shape index (κ2) is 9.20. The van der Waals surface area contributed by atoms with Crippen LogP contribution in [-0.2, 0) is 19.2 Å². The van der Waals surface area contributed by atoms with Crippen LogP contribution < -0.4 is 5.32 Å². The van der Waals surface area contributed by atoms with Gasteiger partial charge in [0.15, 0.2) is 5.78 Å². The predicted molar refractivity (Wildman–Crippen MR) is 111 cm³/mol. The van der Waals surface area contributed by atoms with E-state index in [9.17, 15) is 18.8 Å². The van der Waals surface area contributed by atoms with Crippen molar-refractivity contribution >= 4 is 34.1 Å². The van der Waals surface area contributed by atoms with Crippen LogP contribution >= 0.6 is 0 Å². The summed E-state index contributed by atoms with van der Waals surface area (Å²) < 4.78 is 13.0. The smallest absolute Gasteiger partial charge is 0.303 e. The number of pyridine rings is 1. The Hall–Kier alpha value is -3.36. The number of nitrogens with one attached hydrogen (secondary N) is 1. The van der Waals surface area contributed by atoms with Crippen molar-refractivity contribution in [2.75, 3.05) is 6.67 Å². The Morgan fingerprint density at radius 3 is 2.68 bits per heavy atom. The van der Waals surface area contributed by atoms with Gasteiger partial charge in [0.1, 0.15) is 12.4 Å². The number of hydrogen-bond acceptors (Lipinski definition) is 6. The van der Waals surface area contributed by atoms with Crippen LogP contribution in [-0.4, -0.2) is 51.8 Å². The Morgan fingerprint density at radius 2 is 2.00 bits per heavy atom. The highest BCUT2D eigenvalue weighted by Crippen LogP contribution is 2.35. The number of halogens is 1.